The van der Waals surface area contributed by atoms with Crippen LogP contribution >= 0.6 is 0 Å². The first-order valence-electron chi connectivity index (χ1n) is 22.0. The predicted molar refractivity (Wildman–Crippen MR) is 209 cm³/mol. The Kier molecular flexibility index (Phi) is 17.1. The number of aliphatic hydroxyl groups is 4. The Morgan fingerprint density at radius 3 is 2.24 bits per heavy atom. The van der Waals surface area contributed by atoms with Crippen LogP contribution in [0.1, 0.15) is 124 Å². The van der Waals surface area contributed by atoms with Gasteiger partial charge in [-0.1, -0.05) is 40.5 Å². The molecular weight excluding hydrogens is 704 g/mol. The van der Waals surface area contributed by atoms with Gasteiger partial charge < -0.3 is 50.0 Å². The second-order valence-corrected chi connectivity index (χ2v) is 18.6. The van der Waals surface area contributed by atoms with Crippen LogP contribution in [0.25, 0.3) is 0 Å². The van der Waals surface area contributed by atoms with Gasteiger partial charge in [0.25, 0.3) is 0 Å². The van der Waals surface area contributed by atoms with Gasteiger partial charge in [-0.3, -0.25) is 9.59 Å². The Balaban J connectivity index is 0.836. The van der Waals surface area contributed by atoms with Crippen molar-refractivity contribution < 1.29 is 49.0 Å². The maximum Gasteiger partial charge on any atom is 0.220 e. The molecule has 318 valence electrons. The van der Waals surface area contributed by atoms with E-state index in [0.29, 0.717) is 62.5 Å². The number of hydrogen-bond donors (Lipinski definition) is 6. The molecule has 0 spiro atoms. The zero-order valence-electron chi connectivity index (χ0n) is 34.4. The summed E-state index contributed by atoms with van der Waals surface area (Å²) in [6.45, 7) is 12.0. The van der Waals surface area contributed by atoms with Gasteiger partial charge >= 0.3 is 0 Å². The number of unbranched alkanes of at least 4 members (excludes halogenated alkanes) is 2. The van der Waals surface area contributed by atoms with Crippen molar-refractivity contribution in [2.24, 2.45) is 52.3 Å². The fourth-order valence-corrected chi connectivity index (χ4v) is 12.0. The lowest BCUT2D eigenvalue weighted by Crippen LogP contribution is -2.59. The van der Waals surface area contributed by atoms with E-state index in [0.717, 1.165) is 61.2 Å². The molecule has 4 aliphatic carbocycles. The van der Waals surface area contributed by atoms with Crippen LogP contribution in [0.5, 0.6) is 0 Å². The number of rotatable bonds is 21. The summed E-state index contributed by atoms with van der Waals surface area (Å²) in [6, 6.07) is 0. The monoisotopic (exact) mass is 781 g/mol. The van der Waals surface area contributed by atoms with E-state index in [4.69, 9.17) is 18.9 Å². The molecule has 0 aromatic rings. The quantitative estimate of drug-likeness (QED) is 0.0920. The van der Waals surface area contributed by atoms with E-state index in [1.807, 2.05) is 0 Å². The summed E-state index contributed by atoms with van der Waals surface area (Å²) in [5, 5.41) is 44.8. The zero-order valence-corrected chi connectivity index (χ0v) is 34.4. The number of aliphatic hydroxyl groups excluding tert-OH is 4. The minimum Gasteiger partial charge on any atom is -0.394 e. The van der Waals surface area contributed by atoms with Crippen molar-refractivity contribution in [2.45, 2.75) is 155 Å². The van der Waals surface area contributed by atoms with Crippen LogP contribution in [0, 0.1) is 52.3 Å². The maximum absolute atomic E-state index is 12.8. The minimum absolute atomic E-state index is 0.00921. The summed E-state index contributed by atoms with van der Waals surface area (Å²) in [5.41, 5.74) is 1.02. The van der Waals surface area contributed by atoms with Crippen molar-refractivity contribution in [3.05, 3.63) is 0 Å². The van der Waals surface area contributed by atoms with Crippen molar-refractivity contribution >= 4 is 11.8 Å². The summed E-state index contributed by atoms with van der Waals surface area (Å²) in [7, 11) is 0. The van der Waals surface area contributed by atoms with E-state index < -0.39 is 37.3 Å². The molecule has 12 heteroatoms. The van der Waals surface area contributed by atoms with Gasteiger partial charge in [-0.05, 0) is 123 Å². The third kappa shape index (κ3) is 11.2. The van der Waals surface area contributed by atoms with Crippen LogP contribution in [0.4, 0.5) is 0 Å². The molecule has 5 rings (SSSR count). The topological polar surface area (TPSA) is 176 Å². The van der Waals surface area contributed by atoms with Crippen LogP contribution in [0.2, 0.25) is 0 Å². The standard InChI is InChI=1S/C43H76N2O10/c1-28-15-17-42(3)30(26-28)10-11-31-33-13-12-32(43(33,4)18-16-34(31)42)29(2)9-14-37(48)44-19-7-5-6-8-36(47)45-20-21-52-22-23-53-24-25-54-41-40(51)39(50)38(49)35(27-46)55-41/h28-35,38-41,46,49-51H,5-27H2,1-4H3,(H,44,48)(H,45,47)/t28-,29-,30?,31?,32-,33?,34?,35?,38-,39+,40?,41+,42+,43-/m1/s1. The fraction of sp³-hybridized carbons (Fsp3) is 0.953. The first-order valence-corrected chi connectivity index (χ1v) is 22.0. The summed E-state index contributed by atoms with van der Waals surface area (Å²) in [5.74, 6) is 6.08. The highest BCUT2D eigenvalue weighted by Gasteiger charge is 2.60. The van der Waals surface area contributed by atoms with Crippen LogP contribution in [-0.4, -0.2) is 116 Å². The second-order valence-electron chi connectivity index (χ2n) is 18.6. The average molecular weight is 781 g/mol. The van der Waals surface area contributed by atoms with Crippen LogP contribution in [0.3, 0.4) is 0 Å². The smallest absolute Gasteiger partial charge is 0.220 e. The van der Waals surface area contributed by atoms with Gasteiger partial charge in [0.15, 0.2) is 6.29 Å². The van der Waals surface area contributed by atoms with E-state index in [1.54, 1.807) is 0 Å². The second kappa shape index (κ2) is 21.0. The number of fused-ring (bicyclic) bond motifs is 5. The SMILES string of the molecule is C[C@@H]1CC[C@@]2(C)C(CCC3C2CC[C@@]2(C)C3CC[C@@H]2[C@H](C)CCC(=O)NCCCCCC(=O)NCCOCCOCCO[C@H]2OC(CO)[C@@H](O)[C@H](O)C2O)C1. The molecule has 0 aromatic carbocycles. The van der Waals surface area contributed by atoms with Crippen molar-refractivity contribution in [1.29, 1.82) is 0 Å². The van der Waals surface area contributed by atoms with E-state index >= 15 is 0 Å². The highest BCUT2D eigenvalue weighted by molar-refractivity contribution is 5.76. The molecule has 2 amide bonds. The lowest BCUT2D eigenvalue weighted by molar-refractivity contribution is -0.302. The predicted octanol–water partition coefficient (Wildman–Crippen LogP) is 4.34. The number of carbonyl (C=O) groups excluding carboxylic acids is 2. The fourth-order valence-electron chi connectivity index (χ4n) is 12.0. The van der Waals surface area contributed by atoms with Gasteiger partial charge in [0.2, 0.25) is 11.8 Å². The number of nitrogens with one attached hydrogen (secondary N) is 2. The molecule has 6 unspecified atom stereocenters. The van der Waals surface area contributed by atoms with Gasteiger partial charge in [0.1, 0.15) is 24.4 Å². The molecule has 0 bridgehead atoms. The Morgan fingerprint density at radius 1 is 0.764 bits per heavy atom. The molecular formula is C43H76N2O10. The van der Waals surface area contributed by atoms with Crippen LogP contribution in [-0.2, 0) is 28.5 Å². The lowest BCUT2D eigenvalue weighted by Gasteiger charge is -2.61. The van der Waals surface area contributed by atoms with Crippen LogP contribution in [0.15, 0.2) is 0 Å². The molecule has 1 aliphatic heterocycles. The first kappa shape index (κ1) is 44.7. The number of carbonyl (C=O) groups is 2. The third-order valence-electron chi connectivity index (χ3n) is 15.2. The Bertz CT molecular complexity index is 1190. The molecule has 5 aliphatic rings. The largest absolute Gasteiger partial charge is 0.394 e. The molecule has 0 radical (unpaired) electrons. The summed E-state index contributed by atoms with van der Waals surface area (Å²) < 4.78 is 21.6. The van der Waals surface area contributed by atoms with Gasteiger partial charge in [-0.2, -0.15) is 0 Å². The average Bonchev–Trinajstić information content (AvgIpc) is 3.53. The molecule has 14 atom stereocenters. The Hall–Kier alpha value is -1.38. The molecule has 0 aromatic heterocycles. The van der Waals surface area contributed by atoms with Crippen molar-refractivity contribution in [3.8, 4) is 0 Å². The van der Waals surface area contributed by atoms with Gasteiger partial charge in [0, 0.05) is 25.9 Å². The number of hydrogen-bond acceptors (Lipinski definition) is 10. The highest BCUT2D eigenvalue weighted by Crippen LogP contribution is 2.68. The maximum atomic E-state index is 12.8. The van der Waals surface area contributed by atoms with E-state index in [-0.39, 0.29) is 25.0 Å². The number of ether oxygens (including phenoxy) is 4. The first-order chi connectivity index (χ1) is 26.4. The van der Waals surface area contributed by atoms with Gasteiger partial charge in [-0.15, -0.1) is 0 Å². The highest BCUT2D eigenvalue weighted by atomic mass is 16.7. The van der Waals surface area contributed by atoms with E-state index in [9.17, 15) is 30.0 Å². The third-order valence-corrected chi connectivity index (χ3v) is 15.2. The van der Waals surface area contributed by atoms with E-state index in [2.05, 4.69) is 38.3 Å². The Morgan fingerprint density at radius 2 is 1.45 bits per heavy atom. The summed E-state index contributed by atoms with van der Waals surface area (Å²) >= 11 is 0. The summed E-state index contributed by atoms with van der Waals surface area (Å²) in [4.78, 5) is 25.0. The van der Waals surface area contributed by atoms with Gasteiger partial charge in [-0.25, -0.2) is 0 Å². The normalized spacial score (nSPS) is 39.1. The van der Waals surface area contributed by atoms with Crippen molar-refractivity contribution in [2.75, 3.05) is 52.7 Å². The molecule has 12 nitrogen and oxygen atoms in total. The zero-order chi connectivity index (χ0) is 39.6. The molecule has 1 heterocycles. The molecule has 5 fully saturated rings. The van der Waals surface area contributed by atoms with Crippen molar-refractivity contribution in [1.82, 2.24) is 10.6 Å². The number of amides is 2. The van der Waals surface area contributed by atoms with Crippen molar-refractivity contribution in [3.63, 3.8) is 0 Å². The molecule has 1 saturated heterocycles. The Labute approximate surface area is 330 Å². The van der Waals surface area contributed by atoms with Crippen LogP contribution < -0.4 is 10.6 Å². The molecule has 6 N–H and O–H groups in total. The van der Waals surface area contributed by atoms with E-state index in [1.165, 1.54) is 57.8 Å². The molecule has 55 heavy (non-hydrogen) atoms. The molecule has 4 saturated carbocycles. The van der Waals surface area contributed by atoms with Gasteiger partial charge in [0.05, 0.1) is 39.6 Å². The minimum atomic E-state index is -1.48. The lowest BCUT2D eigenvalue weighted by atomic mass is 9.44. The summed E-state index contributed by atoms with van der Waals surface area (Å²) in [6.07, 6.45) is 10.9.